The second-order valence-electron chi connectivity index (χ2n) is 5.04. The van der Waals surface area contributed by atoms with Crippen molar-refractivity contribution in [3.63, 3.8) is 0 Å². The van der Waals surface area contributed by atoms with Crippen LogP contribution in [0.25, 0.3) is 0 Å². The van der Waals surface area contributed by atoms with Gasteiger partial charge in [-0.2, -0.15) is 13.2 Å². The summed E-state index contributed by atoms with van der Waals surface area (Å²) in [7, 11) is 0. The fourth-order valence-corrected chi connectivity index (χ4v) is 1.78. The molecule has 0 aliphatic rings. The van der Waals surface area contributed by atoms with Gasteiger partial charge in [0.05, 0.1) is 5.56 Å². The first-order valence-electron chi connectivity index (χ1n) is 5.80. The van der Waals surface area contributed by atoms with E-state index >= 15 is 0 Å². The van der Waals surface area contributed by atoms with Crippen LogP contribution in [0.15, 0.2) is 24.3 Å². The average molecular weight is 274 g/mol. The van der Waals surface area contributed by atoms with Gasteiger partial charge in [-0.15, -0.1) is 0 Å². The van der Waals surface area contributed by atoms with E-state index in [0.29, 0.717) is 0 Å². The molecule has 0 radical (unpaired) electrons. The summed E-state index contributed by atoms with van der Waals surface area (Å²) >= 11 is 0. The number of hydrogen-bond acceptors (Lipinski definition) is 2. The molecule has 106 valence electrons. The number of amides is 1. The highest BCUT2D eigenvalue weighted by Gasteiger charge is 2.33. The number of nitrogens with two attached hydrogens (primary N) is 1. The minimum Gasteiger partial charge on any atom is -0.370 e. The molecular weight excluding hydrogens is 257 g/mol. The van der Waals surface area contributed by atoms with E-state index in [9.17, 15) is 18.0 Å². The largest absolute Gasteiger partial charge is 0.416 e. The summed E-state index contributed by atoms with van der Waals surface area (Å²) < 4.78 is 38.3. The lowest BCUT2D eigenvalue weighted by Crippen LogP contribution is -2.42. The Labute approximate surface area is 110 Å². The molecule has 19 heavy (non-hydrogen) atoms. The van der Waals surface area contributed by atoms with Crippen LogP contribution in [0.5, 0.6) is 0 Å². The van der Waals surface area contributed by atoms with Gasteiger partial charge in [-0.25, -0.2) is 0 Å². The molecule has 0 saturated carbocycles. The maximum absolute atomic E-state index is 12.8. The third kappa shape index (κ3) is 4.90. The van der Waals surface area contributed by atoms with E-state index in [-0.39, 0.29) is 18.5 Å². The number of benzene rings is 1. The van der Waals surface area contributed by atoms with E-state index in [0.717, 1.165) is 6.07 Å². The van der Waals surface area contributed by atoms with E-state index in [1.165, 1.54) is 12.1 Å². The molecule has 0 aliphatic carbocycles. The zero-order chi connectivity index (χ0) is 14.7. The van der Waals surface area contributed by atoms with Crippen molar-refractivity contribution in [1.82, 2.24) is 5.32 Å². The van der Waals surface area contributed by atoms with Crippen molar-refractivity contribution >= 4 is 5.91 Å². The van der Waals surface area contributed by atoms with Crippen molar-refractivity contribution in [2.75, 3.05) is 0 Å². The van der Waals surface area contributed by atoms with E-state index in [1.54, 1.807) is 19.9 Å². The molecule has 1 amide bonds. The number of nitrogens with one attached hydrogen (secondary N) is 1. The minimum absolute atomic E-state index is 0.0238. The van der Waals surface area contributed by atoms with Gasteiger partial charge in [0.25, 0.3) is 0 Å². The van der Waals surface area contributed by atoms with E-state index in [1.807, 2.05) is 0 Å². The predicted molar refractivity (Wildman–Crippen MR) is 66.2 cm³/mol. The Morgan fingerprint density at radius 3 is 2.37 bits per heavy atom. The Morgan fingerprint density at radius 2 is 1.84 bits per heavy atom. The number of rotatable bonds is 5. The summed E-state index contributed by atoms with van der Waals surface area (Å²) in [6, 6.07) is 5.35. The molecule has 3 N–H and O–H groups in total. The van der Waals surface area contributed by atoms with Crippen LogP contribution in [0.1, 0.15) is 31.4 Å². The quantitative estimate of drug-likeness (QED) is 0.866. The van der Waals surface area contributed by atoms with Crippen molar-refractivity contribution < 1.29 is 18.0 Å². The lowest BCUT2D eigenvalue weighted by molar-refractivity contribution is -0.138. The van der Waals surface area contributed by atoms with Crippen LogP contribution < -0.4 is 11.1 Å². The normalized spacial score (nSPS) is 12.5. The van der Waals surface area contributed by atoms with E-state index in [2.05, 4.69) is 5.32 Å². The van der Waals surface area contributed by atoms with E-state index < -0.39 is 23.2 Å². The zero-order valence-electron chi connectivity index (χ0n) is 10.8. The Hall–Kier alpha value is -1.56. The zero-order valence-corrected chi connectivity index (χ0v) is 10.8. The van der Waals surface area contributed by atoms with Crippen LogP contribution in [0.4, 0.5) is 13.2 Å². The molecule has 1 aromatic carbocycles. The minimum atomic E-state index is -4.38. The summed E-state index contributed by atoms with van der Waals surface area (Å²) in [5.41, 5.74) is 3.92. The lowest BCUT2D eigenvalue weighted by atomic mass is 9.99. The maximum atomic E-state index is 12.8. The van der Waals surface area contributed by atoms with Crippen LogP contribution in [-0.4, -0.2) is 11.4 Å². The molecule has 0 atom stereocenters. The summed E-state index contributed by atoms with van der Waals surface area (Å²) in [6.45, 7) is 3.46. The number of primary amides is 1. The van der Waals surface area contributed by atoms with Gasteiger partial charge < -0.3 is 11.1 Å². The number of halogens is 3. The van der Waals surface area contributed by atoms with Gasteiger partial charge in [0.15, 0.2) is 0 Å². The summed E-state index contributed by atoms with van der Waals surface area (Å²) in [5.74, 6) is -0.499. The second kappa shape index (κ2) is 5.61. The van der Waals surface area contributed by atoms with Crippen LogP contribution in [0, 0.1) is 0 Å². The SMILES string of the molecule is CC(C)(CC(N)=O)NCc1ccccc1C(F)(F)F. The Balaban J connectivity index is 2.81. The van der Waals surface area contributed by atoms with Crippen molar-refractivity contribution in [3.05, 3.63) is 35.4 Å². The average Bonchev–Trinajstić information content (AvgIpc) is 2.24. The molecular formula is C13H17F3N2O. The van der Waals surface area contributed by atoms with Gasteiger partial charge in [-0.05, 0) is 25.5 Å². The fraction of sp³-hybridized carbons (Fsp3) is 0.462. The molecule has 0 saturated heterocycles. The number of carbonyl (C=O) groups is 1. The molecule has 0 aliphatic heterocycles. The first-order chi connectivity index (χ1) is 8.62. The lowest BCUT2D eigenvalue weighted by Gasteiger charge is -2.25. The molecule has 0 unspecified atom stereocenters. The van der Waals surface area contributed by atoms with Crippen LogP contribution in [-0.2, 0) is 17.5 Å². The highest BCUT2D eigenvalue weighted by atomic mass is 19.4. The number of hydrogen-bond donors (Lipinski definition) is 2. The Bertz CT molecular complexity index is 455. The van der Waals surface area contributed by atoms with Gasteiger partial charge >= 0.3 is 6.18 Å². The first kappa shape index (κ1) is 15.5. The third-order valence-electron chi connectivity index (χ3n) is 2.70. The molecule has 6 heteroatoms. The summed E-state index contributed by atoms with van der Waals surface area (Å²) in [5, 5.41) is 2.92. The molecule has 0 bridgehead atoms. The monoisotopic (exact) mass is 274 g/mol. The summed E-state index contributed by atoms with van der Waals surface area (Å²) in [4.78, 5) is 10.9. The topological polar surface area (TPSA) is 55.1 Å². The Kier molecular flexibility index (Phi) is 4.57. The first-order valence-corrected chi connectivity index (χ1v) is 5.80. The molecule has 0 heterocycles. The molecule has 0 aromatic heterocycles. The summed E-state index contributed by atoms with van der Waals surface area (Å²) in [6.07, 6.45) is -4.33. The molecule has 0 fully saturated rings. The molecule has 0 spiro atoms. The number of alkyl halides is 3. The molecule has 3 nitrogen and oxygen atoms in total. The van der Waals surface area contributed by atoms with Crippen molar-refractivity contribution in [2.24, 2.45) is 5.73 Å². The van der Waals surface area contributed by atoms with Gasteiger partial charge in [-0.1, -0.05) is 18.2 Å². The smallest absolute Gasteiger partial charge is 0.370 e. The molecule has 1 aromatic rings. The van der Waals surface area contributed by atoms with Crippen molar-refractivity contribution in [3.8, 4) is 0 Å². The van der Waals surface area contributed by atoms with Crippen LogP contribution in [0.3, 0.4) is 0 Å². The molecule has 1 rings (SSSR count). The van der Waals surface area contributed by atoms with Crippen molar-refractivity contribution in [2.45, 2.75) is 38.5 Å². The second-order valence-corrected chi connectivity index (χ2v) is 5.04. The maximum Gasteiger partial charge on any atom is 0.416 e. The van der Waals surface area contributed by atoms with Gasteiger partial charge in [0, 0.05) is 18.5 Å². The van der Waals surface area contributed by atoms with Gasteiger partial charge in [-0.3, -0.25) is 4.79 Å². The Morgan fingerprint density at radius 1 is 1.26 bits per heavy atom. The third-order valence-corrected chi connectivity index (χ3v) is 2.70. The highest BCUT2D eigenvalue weighted by molar-refractivity contribution is 5.75. The van der Waals surface area contributed by atoms with Crippen LogP contribution in [0.2, 0.25) is 0 Å². The number of carbonyl (C=O) groups excluding carboxylic acids is 1. The fourth-order valence-electron chi connectivity index (χ4n) is 1.78. The highest BCUT2D eigenvalue weighted by Crippen LogP contribution is 2.31. The van der Waals surface area contributed by atoms with Crippen LogP contribution >= 0.6 is 0 Å². The van der Waals surface area contributed by atoms with Crippen molar-refractivity contribution in [1.29, 1.82) is 0 Å². The standard InChI is InChI=1S/C13H17F3N2O/c1-12(2,7-11(17)19)18-8-9-5-3-4-6-10(9)13(14,15)16/h3-6,18H,7-8H2,1-2H3,(H2,17,19). The van der Waals surface area contributed by atoms with Gasteiger partial charge in [0.1, 0.15) is 0 Å². The predicted octanol–water partition coefficient (Wildman–Crippen LogP) is 2.45. The van der Waals surface area contributed by atoms with E-state index in [4.69, 9.17) is 5.73 Å². The van der Waals surface area contributed by atoms with Gasteiger partial charge in [0.2, 0.25) is 5.91 Å².